The molecule has 0 fully saturated rings. The van der Waals surface area contributed by atoms with Gasteiger partial charge in [-0.1, -0.05) is 27.2 Å². The summed E-state index contributed by atoms with van der Waals surface area (Å²) in [4.78, 5) is 22.4. The fourth-order valence-corrected chi connectivity index (χ4v) is 1.11. The minimum atomic E-state index is -0.236. The third kappa shape index (κ3) is 11.2. The second-order valence-corrected chi connectivity index (χ2v) is 4.50. The quantitative estimate of drug-likeness (QED) is 0.462. The Labute approximate surface area is 104 Å². The zero-order valence-electron chi connectivity index (χ0n) is 11.2. The van der Waals surface area contributed by atoms with Crippen LogP contribution in [0.2, 0.25) is 0 Å². The van der Waals surface area contributed by atoms with Crippen LogP contribution in [0.5, 0.6) is 0 Å². The van der Waals surface area contributed by atoms with Crippen molar-refractivity contribution in [2.45, 2.75) is 52.9 Å². The fraction of sp³-hybridized carbons (Fsp3) is 0.846. The molecule has 0 N–H and O–H groups in total. The molecule has 0 atom stereocenters. The normalized spacial score (nSPS) is 10.4. The average Bonchev–Trinajstić information content (AvgIpc) is 2.27. The van der Waals surface area contributed by atoms with E-state index in [-0.39, 0.29) is 18.4 Å². The molecule has 0 aromatic heterocycles. The Morgan fingerprint density at radius 3 is 2.12 bits per heavy atom. The van der Waals surface area contributed by atoms with Gasteiger partial charge in [-0.05, 0) is 18.8 Å². The van der Waals surface area contributed by atoms with Crippen molar-refractivity contribution in [1.82, 2.24) is 0 Å². The number of ether oxygens (including phenoxy) is 2. The van der Waals surface area contributed by atoms with Gasteiger partial charge in [0.05, 0.1) is 13.2 Å². The fourth-order valence-electron chi connectivity index (χ4n) is 1.11. The van der Waals surface area contributed by atoms with Crippen LogP contribution in [0.25, 0.3) is 0 Å². The summed E-state index contributed by atoms with van der Waals surface area (Å²) >= 11 is 0. The standard InChI is InChI=1S/C13H24O4/c1-4-5-9-16-12(14)7-6-8-13(15)17-10-11(2)3/h11H,4-10H2,1-3H3. The van der Waals surface area contributed by atoms with Crippen LogP contribution in [0.15, 0.2) is 0 Å². The van der Waals surface area contributed by atoms with E-state index in [2.05, 4.69) is 0 Å². The van der Waals surface area contributed by atoms with E-state index in [4.69, 9.17) is 9.47 Å². The summed E-state index contributed by atoms with van der Waals surface area (Å²) in [5, 5.41) is 0. The zero-order valence-corrected chi connectivity index (χ0v) is 11.2. The van der Waals surface area contributed by atoms with E-state index in [1.54, 1.807) is 0 Å². The van der Waals surface area contributed by atoms with Crippen LogP contribution in [0, 0.1) is 5.92 Å². The Morgan fingerprint density at radius 1 is 1.00 bits per heavy atom. The van der Waals surface area contributed by atoms with Crippen LogP contribution in [-0.2, 0) is 19.1 Å². The molecule has 4 nitrogen and oxygen atoms in total. The maximum Gasteiger partial charge on any atom is 0.305 e. The Kier molecular flexibility index (Phi) is 9.49. The molecule has 0 aromatic carbocycles. The van der Waals surface area contributed by atoms with E-state index in [0.29, 0.717) is 32.0 Å². The molecule has 100 valence electrons. The monoisotopic (exact) mass is 244 g/mol. The third-order valence-corrected chi connectivity index (χ3v) is 2.10. The van der Waals surface area contributed by atoms with Gasteiger partial charge in [0.2, 0.25) is 0 Å². The minimum Gasteiger partial charge on any atom is -0.466 e. The Hall–Kier alpha value is -1.06. The van der Waals surface area contributed by atoms with Crippen molar-refractivity contribution in [2.75, 3.05) is 13.2 Å². The molecule has 0 aromatic rings. The van der Waals surface area contributed by atoms with Gasteiger partial charge in [-0.3, -0.25) is 9.59 Å². The summed E-state index contributed by atoms with van der Waals surface area (Å²) in [6.45, 7) is 6.93. The molecule has 0 aliphatic rings. The summed E-state index contributed by atoms with van der Waals surface area (Å²) in [7, 11) is 0. The largest absolute Gasteiger partial charge is 0.466 e. The van der Waals surface area contributed by atoms with E-state index >= 15 is 0 Å². The van der Waals surface area contributed by atoms with Crippen molar-refractivity contribution in [3.05, 3.63) is 0 Å². The van der Waals surface area contributed by atoms with Gasteiger partial charge in [0.25, 0.3) is 0 Å². The Morgan fingerprint density at radius 2 is 1.59 bits per heavy atom. The Balaban J connectivity index is 3.42. The van der Waals surface area contributed by atoms with Crippen LogP contribution in [0.4, 0.5) is 0 Å². The van der Waals surface area contributed by atoms with Crippen LogP contribution < -0.4 is 0 Å². The topological polar surface area (TPSA) is 52.6 Å². The van der Waals surface area contributed by atoms with Crippen molar-refractivity contribution in [3.63, 3.8) is 0 Å². The van der Waals surface area contributed by atoms with Crippen molar-refractivity contribution < 1.29 is 19.1 Å². The molecular formula is C13H24O4. The molecule has 4 heteroatoms. The first kappa shape index (κ1) is 15.9. The summed E-state index contributed by atoms with van der Waals surface area (Å²) in [5.74, 6) is -0.117. The highest BCUT2D eigenvalue weighted by molar-refractivity contribution is 5.72. The van der Waals surface area contributed by atoms with Gasteiger partial charge in [-0.15, -0.1) is 0 Å². The van der Waals surface area contributed by atoms with Crippen LogP contribution in [0.3, 0.4) is 0 Å². The molecular weight excluding hydrogens is 220 g/mol. The lowest BCUT2D eigenvalue weighted by Gasteiger charge is -2.07. The van der Waals surface area contributed by atoms with Crippen molar-refractivity contribution in [1.29, 1.82) is 0 Å². The molecule has 0 saturated carbocycles. The van der Waals surface area contributed by atoms with Gasteiger partial charge in [-0.25, -0.2) is 0 Å². The summed E-state index contributed by atoms with van der Waals surface area (Å²) in [6.07, 6.45) is 2.98. The number of carbonyl (C=O) groups is 2. The molecule has 0 aliphatic heterocycles. The first-order valence-electron chi connectivity index (χ1n) is 6.37. The number of rotatable bonds is 9. The molecule has 0 unspecified atom stereocenters. The smallest absolute Gasteiger partial charge is 0.305 e. The third-order valence-electron chi connectivity index (χ3n) is 2.10. The maximum atomic E-state index is 11.2. The van der Waals surface area contributed by atoms with Gasteiger partial charge >= 0.3 is 11.9 Å². The van der Waals surface area contributed by atoms with Crippen LogP contribution in [0.1, 0.15) is 52.9 Å². The highest BCUT2D eigenvalue weighted by Crippen LogP contribution is 2.02. The SMILES string of the molecule is CCCCOC(=O)CCCC(=O)OCC(C)C. The van der Waals surface area contributed by atoms with Crippen molar-refractivity contribution >= 4 is 11.9 Å². The lowest BCUT2D eigenvalue weighted by atomic mass is 10.2. The number of esters is 2. The lowest BCUT2D eigenvalue weighted by molar-refractivity contribution is -0.146. The molecule has 0 heterocycles. The molecule has 0 saturated heterocycles. The number of unbranched alkanes of at least 4 members (excludes halogenated alkanes) is 1. The Bertz CT molecular complexity index is 223. The second kappa shape index (κ2) is 10.1. The molecule has 0 amide bonds. The first-order chi connectivity index (χ1) is 8.06. The molecule has 0 bridgehead atoms. The van der Waals surface area contributed by atoms with Gasteiger partial charge in [0.1, 0.15) is 0 Å². The van der Waals surface area contributed by atoms with Crippen LogP contribution >= 0.6 is 0 Å². The number of hydrogen-bond acceptors (Lipinski definition) is 4. The van der Waals surface area contributed by atoms with E-state index < -0.39 is 0 Å². The second-order valence-electron chi connectivity index (χ2n) is 4.50. The van der Waals surface area contributed by atoms with Gasteiger partial charge < -0.3 is 9.47 Å². The van der Waals surface area contributed by atoms with Gasteiger partial charge in [0.15, 0.2) is 0 Å². The van der Waals surface area contributed by atoms with Gasteiger partial charge in [-0.2, -0.15) is 0 Å². The number of hydrogen-bond donors (Lipinski definition) is 0. The molecule has 0 aliphatic carbocycles. The average molecular weight is 244 g/mol. The summed E-state index contributed by atoms with van der Waals surface area (Å²) in [5.41, 5.74) is 0. The van der Waals surface area contributed by atoms with Gasteiger partial charge in [0, 0.05) is 12.8 Å². The minimum absolute atomic E-state index is 0.227. The predicted octanol–water partition coefficient (Wildman–Crippen LogP) is 2.70. The molecule has 17 heavy (non-hydrogen) atoms. The highest BCUT2D eigenvalue weighted by atomic mass is 16.5. The molecule has 0 rings (SSSR count). The predicted molar refractivity (Wildman–Crippen MR) is 65.5 cm³/mol. The molecule has 0 radical (unpaired) electrons. The summed E-state index contributed by atoms with van der Waals surface area (Å²) in [6, 6.07) is 0. The lowest BCUT2D eigenvalue weighted by Crippen LogP contribution is -2.11. The maximum absolute atomic E-state index is 11.2. The van der Waals surface area contributed by atoms with Crippen LogP contribution in [-0.4, -0.2) is 25.2 Å². The molecule has 0 spiro atoms. The van der Waals surface area contributed by atoms with Crippen molar-refractivity contribution in [3.8, 4) is 0 Å². The zero-order chi connectivity index (χ0) is 13.1. The summed E-state index contributed by atoms with van der Waals surface area (Å²) < 4.78 is 9.96. The van der Waals surface area contributed by atoms with Crippen molar-refractivity contribution in [2.24, 2.45) is 5.92 Å². The van der Waals surface area contributed by atoms with E-state index in [0.717, 1.165) is 12.8 Å². The van der Waals surface area contributed by atoms with E-state index in [1.165, 1.54) is 0 Å². The first-order valence-corrected chi connectivity index (χ1v) is 6.37. The highest BCUT2D eigenvalue weighted by Gasteiger charge is 2.07. The number of carbonyl (C=O) groups excluding carboxylic acids is 2. The van der Waals surface area contributed by atoms with E-state index in [9.17, 15) is 9.59 Å². The van der Waals surface area contributed by atoms with E-state index in [1.807, 2.05) is 20.8 Å².